The van der Waals surface area contributed by atoms with Crippen LogP contribution in [-0.4, -0.2) is 28.4 Å². The van der Waals surface area contributed by atoms with Crippen LogP contribution in [0.4, 0.5) is 5.69 Å². The van der Waals surface area contributed by atoms with Crippen LogP contribution >= 0.6 is 47.8 Å². The molecule has 3 aromatic carbocycles. The lowest BCUT2D eigenvalue weighted by Gasteiger charge is -2.12. The molecule has 196 valence electrons. The Balaban J connectivity index is 1.54. The minimum absolute atomic E-state index is 0.160. The number of benzene rings is 3. The van der Waals surface area contributed by atoms with Crippen LogP contribution in [0.5, 0.6) is 5.75 Å². The molecule has 1 amide bonds. The summed E-state index contributed by atoms with van der Waals surface area (Å²) >= 11 is 10.5. The normalized spacial score (nSPS) is 11.3. The number of ether oxygens (including phenoxy) is 1. The van der Waals surface area contributed by atoms with Gasteiger partial charge in [0, 0.05) is 16.6 Å². The first-order valence-corrected chi connectivity index (χ1v) is 14.4. The maximum Gasteiger partial charge on any atom is 0.282 e. The zero-order valence-electron chi connectivity index (χ0n) is 20.8. The fourth-order valence-electron chi connectivity index (χ4n) is 3.70. The summed E-state index contributed by atoms with van der Waals surface area (Å²) in [7, 11) is 0. The van der Waals surface area contributed by atoms with Crippen molar-refractivity contribution in [2.75, 3.05) is 11.9 Å². The number of rotatable bonds is 9. The van der Waals surface area contributed by atoms with Crippen LogP contribution in [0.25, 0.3) is 10.9 Å². The second kappa shape index (κ2) is 12.8. The van der Waals surface area contributed by atoms with Gasteiger partial charge < -0.3 is 10.1 Å². The van der Waals surface area contributed by atoms with Crippen molar-refractivity contribution < 1.29 is 9.53 Å². The van der Waals surface area contributed by atoms with E-state index in [1.165, 1.54) is 4.68 Å². The number of amides is 1. The largest absolute Gasteiger partial charge is 0.481 e. The highest BCUT2D eigenvalue weighted by atomic mass is 79.9. The Labute approximate surface area is 245 Å². The number of hydrogen-bond donors (Lipinski definition) is 1. The molecule has 1 N–H and O–H groups in total. The summed E-state index contributed by atoms with van der Waals surface area (Å²) in [5, 5.41) is 7.81. The second-order valence-corrected chi connectivity index (χ2v) is 11.3. The fraction of sp³-hybridized carbons (Fsp3) is 0.214. The van der Waals surface area contributed by atoms with Gasteiger partial charge in [0.15, 0.2) is 6.61 Å². The molecule has 0 aliphatic rings. The van der Waals surface area contributed by atoms with Crippen molar-refractivity contribution in [1.29, 1.82) is 0 Å². The van der Waals surface area contributed by atoms with E-state index in [2.05, 4.69) is 65.1 Å². The third-order valence-corrected chi connectivity index (χ3v) is 7.33. The molecule has 0 saturated heterocycles. The van der Waals surface area contributed by atoms with Gasteiger partial charge in [0.25, 0.3) is 11.5 Å². The Morgan fingerprint density at radius 2 is 1.79 bits per heavy atom. The van der Waals surface area contributed by atoms with Crippen molar-refractivity contribution in [1.82, 2.24) is 9.66 Å². The summed E-state index contributed by atoms with van der Waals surface area (Å²) in [4.78, 5) is 30.3. The average molecular weight is 705 g/mol. The van der Waals surface area contributed by atoms with Crippen molar-refractivity contribution >= 4 is 76.5 Å². The molecule has 0 fully saturated rings. The van der Waals surface area contributed by atoms with E-state index in [1.807, 2.05) is 55.5 Å². The van der Waals surface area contributed by atoms with E-state index in [1.54, 1.807) is 12.3 Å². The Morgan fingerprint density at radius 1 is 1.08 bits per heavy atom. The molecule has 4 aromatic rings. The number of carbonyl (C=O) groups excluding carboxylic acids is 1. The van der Waals surface area contributed by atoms with Crippen molar-refractivity contribution in [3.63, 3.8) is 0 Å². The number of nitrogens with zero attached hydrogens (tertiary/aromatic N) is 3. The highest BCUT2D eigenvalue weighted by Crippen LogP contribution is 2.34. The molecule has 0 spiro atoms. The van der Waals surface area contributed by atoms with E-state index in [4.69, 9.17) is 9.72 Å². The van der Waals surface area contributed by atoms with Crippen LogP contribution in [-0.2, 0) is 11.2 Å². The zero-order chi connectivity index (χ0) is 27.2. The average Bonchev–Trinajstić information content (AvgIpc) is 2.88. The number of halogens is 3. The van der Waals surface area contributed by atoms with E-state index < -0.39 is 0 Å². The molecule has 1 heterocycles. The molecule has 38 heavy (non-hydrogen) atoms. The van der Waals surface area contributed by atoms with Crippen molar-refractivity contribution in [3.8, 4) is 5.75 Å². The summed E-state index contributed by atoms with van der Waals surface area (Å²) < 4.78 is 9.20. The van der Waals surface area contributed by atoms with Crippen LogP contribution in [0, 0.1) is 6.92 Å². The van der Waals surface area contributed by atoms with Crippen LogP contribution < -0.4 is 15.6 Å². The van der Waals surface area contributed by atoms with Gasteiger partial charge in [0.1, 0.15) is 11.6 Å². The molecular weight excluding hydrogens is 680 g/mol. The van der Waals surface area contributed by atoms with Crippen LogP contribution in [0.2, 0.25) is 0 Å². The first-order chi connectivity index (χ1) is 18.2. The first kappa shape index (κ1) is 28.2. The van der Waals surface area contributed by atoms with Gasteiger partial charge in [0.05, 0.1) is 26.1 Å². The van der Waals surface area contributed by atoms with Gasteiger partial charge in [-0.1, -0.05) is 47.0 Å². The third kappa shape index (κ3) is 6.98. The minimum Gasteiger partial charge on any atom is -0.481 e. The highest BCUT2D eigenvalue weighted by molar-refractivity contribution is 9.11. The molecule has 0 unspecified atom stereocenters. The molecule has 0 radical (unpaired) electrons. The summed E-state index contributed by atoms with van der Waals surface area (Å²) in [5.74, 6) is 0.826. The van der Waals surface area contributed by atoms with Gasteiger partial charge in [0.2, 0.25) is 0 Å². The highest BCUT2D eigenvalue weighted by Gasteiger charge is 2.13. The Kier molecular flexibility index (Phi) is 9.51. The number of aromatic nitrogens is 2. The summed E-state index contributed by atoms with van der Waals surface area (Å²) in [6.45, 7) is 3.92. The number of hydrogen-bond acceptors (Lipinski definition) is 5. The minimum atomic E-state index is -0.271. The molecule has 0 aliphatic heterocycles. The topological polar surface area (TPSA) is 85.6 Å². The number of carbonyl (C=O) groups is 1. The predicted octanol–water partition coefficient (Wildman–Crippen LogP) is 7.23. The lowest BCUT2D eigenvalue weighted by Crippen LogP contribution is -2.22. The number of unbranched alkanes of at least 4 members (excludes halogenated alkanes) is 1. The molecule has 0 bridgehead atoms. The molecular formula is C28H25Br3N4O3. The van der Waals surface area contributed by atoms with Gasteiger partial charge in [-0.2, -0.15) is 9.78 Å². The second-order valence-electron chi connectivity index (χ2n) is 8.67. The molecule has 7 nitrogen and oxygen atoms in total. The smallest absolute Gasteiger partial charge is 0.282 e. The van der Waals surface area contributed by atoms with Crippen molar-refractivity contribution in [2.24, 2.45) is 5.10 Å². The summed E-state index contributed by atoms with van der Waals surface area (Å²) in [6.07, 6.45) is 4.11. The van der Waals surface area contributed by atoms with Crippen molar-refractivity contribution in [3.05, 3.63) is 95.3 Å². The Bertz CT molecular complexity index is 1540. The Morgan fingerprint density at radius 3 is 2.47 bits per heavy atom. The van der Waals surface area contributed by atoms with Gasteiger partial charge in [-0.3, -0.25) is 9.59 Å². The van der Waals surface area contributed by atoms with E-state index in [0.29, 0.717) is 43.5 Å². The lowest BCUT2D eigenvalue weighted by molar-refractivity contribution is -0.118. The van der Waals surface area contributed by atoms with E-state index in [9.17, 15) is 9.59 Å². The molecule has 0 aliphatic carbocycles. The maximum atomic E-state index is 13.3. The third-order valence-electron chi connectivity index (χ3n) is 5.66. The summed E-state index contributed by atoms with van der Waals surface area (Å²) in [5.41, 5.74) is 2.97. The number of anilines is 1. The van der Waals surface area contributed by atoms with Crippen LogP contribution in [0.1, 0.15) is 36.7 Å². The molecule has 10 heteroatoms. The lowest BCUT2D eigenvalue weighted by atomic mass is 10.2. The van der Waals surface area contributed by atoms with Gasteiger partial charge in [-0.25, -0.2) is 4.98 Å². The molecule has 0 saturated carbocycles. The van der Waals surface area contributed by atoms with E-state index in [-0.39, 0.29) is 18.1 Å². The zero-order valence-corrected chi connectivity index (χ0v) is 25.6. The molecule has 1 aromatic heterocycles. The van der Waals surface area contributed by atoms with Gasteiger partial charge in [-0.05, 0) is 93.2 Å². The predicted molar refractivity (Wildman–Crippen MR) is 162 cm³/mol. The number of aryl methyl sites for hydroxylation is 2. The first-order valence-electron chi connectivity index (χ1n) is 12.0. The Hall–Kier alpha value is -2.82. The number of nitrogens with one attached hydrogen (secondary N) is 1. The van der Waals surface area contributed by atoms with E-state index in [0.717, 1.165) is 28.4 Å². The fourth-order valence-corrected chi connectivity index (χ4v) is 5.51. The van der Waals surface area contributed by atoms with Gasteiger partial charge >= 0.3 is 0 Å². The van der Waals surface area contributed by atoms with E-state index >= 15 is 0 Å². The van der Waals surface area contributed by atoms with Crippen LogP contribution in [0.3, 0.4) is 0 Å². The van der Waals surface area contributed by atoms with Gasteiger partial charge in [-0.15, -0.1) is 0 Å². The SMILES string of the molecule is CCCCc1nc2ccc(Br)cc2c(=O)n1N=Cc1cc(Br)c(OCC(=O)Nc2ccc(C)cc2)c(Br)c1. The standard InChI is InChI=1S/C28H25Br3N4O3/c1-3-4-5-25-34-24-11-8-19(29)14-21(24)28(37)35(25)32-15-18-12-22(30)27(23(31)13-18)38-16-26(36)33-20-9-6-17(2)7-10-20/h6-15H,3-5,16H2,1-2H3,(H,33,36). The monoisotopic (exact) mass is 702 g/mol. The molecule has 4 rings (SSSR count). The van der Waals surface area contributed by atoms with Crippen LogP contribution in [0.15, 0.2) is 77.9 Å². The van der Waals surface area contributed by atoms with Crippen molar-refractivity contribution in [2.45, 2.75) is 33.1 Å². The summed E-state index contributed by atoms with van der Waals surface area (Å²) in [6, 6.07) is 16.6. The molecule has 0 atom stereocenters. The maximum absolute atomic E-state index is 13.3. The number of fused-ring (bicyclic) bond motifs is 1. The quantitative estimate of drug-likeness (QED) is 0.186.